The molecule has 6 heteroatoms. The Morgan fingerprint density at radius 3 is 2.87 bits per heavy atom. The number of carboxylic acids is 1. The molecular weight excluding hydrogens is 205 g/mol. The zero-order valence-electron chi connectivity index (χ0n) is 8.06. The molecule has 84 valence electrons. The van der Waals surface area contributed by atoms with Crippen LogP contribution in [-0.4, -0.2) is 47.4 Å². The average molecular weight is 217 g/mol. The van der Waals surface area contributed by atoms with Crippen molar-refractivity contribution in [3.05, 3.63) is 12.7 Å². The number of ether oxygens (including phenoxy) is 1. The third-order valence-electron chi connectivity index (χ3n) is 2.09. The molecule has 0 saturated carbocycles. The molecular formula is C9H12FNO4. The number of carboxylic acid groups (broad SMARTS) is 1. The van der Waals surface area contributed by atoms with E-state index < -0.39 is 24.3 Å². The van der Waals surface area contributed by atoms with Crippen LogP contribution in [0.15, 0.2) is 12.7 Å². The molecule has 5 nitrogen and oxygen atoms in total. The summed E-state index contributed by atoms with van der Waals surface area (Å²) in [5.74, 6) is -1.22. The largest absolute Gasteiger partial charge is 0.480 e. The van der Waals surface area contributed by atoms with Crippen LogP contribution in [0, 0.1) is 0 Å². The molecule has 0 bridgehead atoms. The van der Waals surface area contributed by atoms with E-state index >= 15 is 0 Å². The van der Waals surface area contributed by atoms with Gasteiger partial charge in [-0.2, -0.15) is 0 Å². The average Bonchev–Trinajstić information content (AvgIpc) is 2.57. The van der Waals surface area contributed by atoms with Gasteiger partial charge in [0.15, 0.2) is 0 Å². The van der Waals surface area contributed by atoms with Crippen molar-refractivity contribution in [2.75, 3.05) is 13.2 Å². The maximum Gasteiger partial charge on any atom is 0.410 e. The standard InChI is InChI=1S/C9H12FNO4/c1-2-3-15-9(14)11-5-6(10)4-7(11)8(12)13/h2,6-7H,1,3-5H2,(H,12,13)/t6-,7+/m0/s1. The minimum absolute atomic E-state index is 0.0153. The highest BCUT2D eigenvalue weighted by Gasteiger charge is 2.40. The molecule has 0 aliphatic carbocycles. The Kier molecular flexibility index (Phi) is 3.65. The lowest BCUT2D eigenvalue weighted by molar-refractivity contribution is -0.141. The summed E-state index contributed by atoms with van der Waals surface area (Å²) in [6.45, 7) is 3.10. The Bertz CT molecular complexity index is 281. The molecule has 2 atom stereocenters. The van der Waals surface area contributed by atoms with Crippen LogP contribution in [0.1, 0.15) is 6.42 Å². The van der Waals surface area contributed by atoms with Gasteiger partial charge in [0, 0.05) is 6.42 Å². The maximum absolute atomic E-state index is 12.9. The number of carbonyl (C=O) groups excluding carboxylic acids is 1. The smallest absolute Gasteiger partial charge is 0.410 e. The van der Waals surface area contributed by atoms with E-state index in [9.17, 15) is 14.0 Å². The molecule has 0 aromatic carbocycles. The first-order chi connectivity index (χ1) is 7.06. The summed E-state index contributed by atoms with van der Waals surface area (Å²) in [5.41, 5.74) is 0. The van der Waals surface area contributed by atoms with Crippen LogP contribution in [0.3, 0.4) is 0 Å². The topological polar surface area (TPSA) is 66.8 Å². The van der Waals surface area contributed by atoms with E-state index in [2.05, 4.69) is 11.3 Å². The number of nitrogens with zero attached hydrogens (tertiary/aromatic N) is 1. The fourth-order valence-corrected chi connectivity index (χ4v) is 1.43. The van der Waals surface area contributed by atoms with E-state index in [1.807, 2.05) is 0 Å². The number of halogens is 1. The summed E-state index contributed by atoms with van der Waals surface area (Å²) in [6.07, 6.45) is -0.945. The van der Waals surface area contributed by atoms with Gasteiger partial charge in [-0.15, -0.1) is 0 Å². The van der Waals surface area contributed by atoms with Crippen molar-refractivity contribution in [1.82, 2.24) is 4.90 Å². The number of carbonyl (C=O) groups is 2. The molecule has 0 unspecified atom stereocenters. The van der Waals surface area contributed by atoms with Gasteiger partial charge in [-0.3, -0.25) is 4.90 Å². The lowest BCUT2D eigenvalue weighted by atomic mass is 10.2. The second kappa shape index (κ2) is 4.77. The highest BCUT2D eigenvalue weighted by molar-refractivity contribution is 5.80. The number of rotatable bonds is 3. The molecule has 1 rings (SSSR count). The molecule has 0 spiro atoms. The van der Waals surface area contributed by atoms with Crippen LogP contribution < -0.4 is 0 Å². The van der Waals surface area contributed by atoms with Crippen LogP contribution in [0.4, 0.5) is 9.18 Å². The predicted octanol–water partition coefficient (Wildman–Crippen LogP) is 0.806. The second-order valence-corrected chi connectivity index (χ2v) is 3.20. The number of aliphatic carboxylic acids is 1. The van der Waals surface area contributed by atoms with Crippen LogP contribution in [0.2, 0.25) is 0 Å². The fourth-order valence-electron chi connectivity index (χ4n) is 1.43. The monoisotopic (exact) mass is 217 g/mol. The Morgan fingerprint density at radius 1 is 1.67 bits per heavy atom. The molecule has 1 amide bonds. The number of hydrogen-bond donors (Lipinski definition) is 1. The summed E-state index contributed by atoms with van der Waals surface area (Å²) in [4.78, 5) is 22.9. The maximum atomic E-state index is 12.9. The Labute approximate surface area is 86.1 Å². The van der Waals surface area contributed by atoms with Crippen molar-refractivity contribution in [2.45, 2.75) is 18.6 Å². The summed E-state index contributed by atoms with van der Waals surface area (Å²) in [5, 5.41) is 8.74. The Balaban J connectivity index is 2.62. The number of alkyl halides is 1. The molecule has 1 aliphatic rings. The van der Waals surface area contributed by atoms with Gasteiger partial charge in [0.25, 0.3) is 0 Å². The van der Waals surface area contributed by atoms with Gasteiger partial charge in [0.2, 0.25) is 0 Å². The zero-order chi connectivity index (χ0) is 11.4. The van der Waals surface area contributed by atoms with Crippen molar-refractivity contribution >= 4 is 12.1 Å². The molecule has 0 aromatic rings. The molecule has 1 fully saturated rings. The first kappa shape index (κ1) is 11.5. The lowest BCUT2D eigenvalue weighted by Crippen LogP contribution is -2.40. The zero-order valence-corrected chi connectivity index (χ0v) is 8.06. The van der Waals surface area contributed by atoms with E-state index in [4.69, 9.17) is 5.11 Å². The molecule has 0 radical (unpaired) electrons. The van der Waals surface area contributed by atoms with E-state index in [1.165, 1.54) is 6.08 Å². The second-order valence-electron chi connectivity index (χ2n) is 3.20. The lowest BCUT2D eigenvalue weighted by Gasteiger charge is -2.19. The van der Waals surface area contributed by atoms with E-state index in [0.717, 1.165) is 4.90 Å². The van der Waals surface area contributed by atoms with Gasteiger partial charge in [0.05, 0.1) is 6.54 Å². The van der Waals surface area contributed by atoms with Crippen molar-refractivity contribution in [3.63, 3.8) is 0 Å². The first-order valence-corrected chi connectivity index (χ1v) is 4.47. The number of amides is 1. The highest BCUT2D eigenvalue weighted by atomic mass is 19.1. The molecule has 1 heterocycles. The van der Waals surface area contributed by atoms with Crippen molar-refractivity contribution in [1.29, 1.82) is 0 Å². The van der Waals surface area contributed by atoms with E-state index in [1.54, 1.807) is 0 Å². The summed E-state index contributed by atoms with van der Waals surface area (Å²) in [7, 11) is 0. The van der Waals surface area contributed by atoms with Gasteiger partial charge < -0.3 is 9.84 Å². The van der Waals surface area contributed by atoms with Gasteiger partial charge >= 0.3 is 12.1 Å². The SMILES string of the molecule is C=CCOC(=O)N1C[C@@H](F)C[C@@H]1C(=O)O. The van der Waals surface area contributed by atoms with Gasteiger partial charge in [-0.1, -0.05) is 12.7 Å². The third kappa shape index (κ3) is 2.68. The van der Waals surface area contributed by atoms with Gasteiger partial charge in [0.1, 0.15) is 18.8 Å². The molecule has 1 aliphatic heterocycles. The minimum Gasteiger partial charge on any atom is -0.480 e. The molecule has 1 N–H and O–H groups in total. The van der Waals surface area contributed by atoms with Crippen molar-refractivity contribution in [2.24, 2.45) is 0 Å². The summed E-state index contributed by atoms with van der Waals surface area (Å²) in [6, 6.07) is -1.13. The quantitative estimate of drug-likeness (QED) is 0.710. The van der Waals surface area contributed by atoms with Crippen LogP contribution in [-0.2, 0) is 9.53 Å². The molecule has 15 heavy (non-hydrogen) atoms. The van der Waals surface area contributed by atoms with Crippen LogP contribution >= 0.6 is 0 Å². The van der Waals surface area contributed by atoms with Crippen molar-refractivity contribution in [3.8, 4) is 0 Å². The normalized spacial score (nSPS) is 25.0. The summed E-state index contributed by atoms with van der Waals surface area (Å²) >= 11 is 0. The highest BCUT2D eigenvalue weighted by Crippen LogP contribution is 2.21. The predicted molar refractivity (Wildman–Crippen MR) is 49.2 cm³/mol. The number of hydrogen-bond acceptors (Lipinski definition) is 3. The Morgan fingerprint density at radius 2 is 2.33 bits per heavy atom. The van der Waals surface area contributed by atoms with Crippen LogP contribution in [0.5, 0.6) is 0 Å². The van der Waals surface area contributed by atoms with Gasteiger partial charge in [-0.05, 0) is 0 Å². The van der Waals surface area contributed by atoms with Crippen LogP contribution in [0.25, 0.3) is 0 Å². The number of likely N-dealkylation sites (tertiary alicyclic amines) is 1. The molecule has 1 saturated heterocycles. The third-order valence-corrected chi connectivity index (χ3v) is 2.09. The van der Waals surface area contributed by atoms with Gasteiger partial charge in [-0.25, -0.2) is 14.0 Å². The minimum atomic E-state index is -1.30. The fraction of sp³-hybridized carbons (Fsp3) is 0.556. The van der Waals surface area contributed by atoms with E-state index in [-0.39, 0.29) is 19.6 Å². The molecule has 0 aromatic heterocycles. The summed E-state index contributed by atoms with van der Waals surface area (Å²) < 4.78 is 17.6. The first-order valence-electron chi connectivity index (χ1n) is 4.47. The Hall–Kier alpha value is -1.59. The van der Waals surface area contributed by atoms with E-state index in [0.29, 0.717) is 0 Å². The van der Waals surface area contributed by atoms with Crippen molar-refractivity contribution < 1.29 is 23.8 Å².